The number of amides is 1. The molecule has 0 radical (unpaired) electrons. The number of carbonyl (C=O) groups is 1. The monoisotopic (exact) mass is 565 g/mol. The summed E-state index contributed by atoms with van der Waals surface area (Å²) in [7, 11) is -4.34. The standard InChI is InChI=1S/C26H32FN3O8S/c1-25(2,3)38-24(31)28-20(17-36-39(34,35)22-6-4-5-21(14-22)30(32)33)16-29-11-9-26(10-12-29)15-18-13-19(27)7-8-23(18)37-26/h4-8,13-14,20H,9-12,15-17H2,1-3H3,(H,28,31)/t20-/m0/s1. The molecule has 11 nitrogen and oxygen atoms in total. The zero-order valence-corrected chi connectivity index (χ0v) is 22.8. The van der Waals surface area contributed by atoms with E-state index in [4.69, 9.17) is 13.7 Å². The van der Waals surface area contributed by atoms with E-state index in [9.17, 15) is 27.7 Å². The number of piperidine rings is 1. The summed E-state index contributed by atoms with van der Waals surface area (Å²) in [6, 6.07) is 8.31. The Kier molecular flexibility index (Phi) is 8.14. The number of benzene rings is 2. The molecule has 0 saturated carbocycles. The van der Waals surface area contributed by atoms with Gasteiger partial charge in [-0.2, -0.15) is 8.42 Å². The Hall–Kier alpha value is -3.29. The van der Waals surface area contributed by atoms with Crippen molar-refractivity contribution in [2.45, 2.75) is 62.2 Å². The number of rotatable bonds is 8. The molecule has 39 heavy (non-hydrogen) atoms. The normalized spacial score (nSPS) is 17.7. The van der Waals surface area contributed by atoms with Crippen molar-refractivity contribution in [3.63, 3.8) is 0 Å². The van der Waals surface area contributed by atoms with E-state index in [0.29, 0.717) is 38.1 Å². The van der Waals surface area contributed by atoms with Crippen molar-refractivity contribution in [1.82, 2.24) is 10.2 Å². The van der Waals surface area contributed by atoms with E-state index in [1.165, 1.54) is 30.3 Å². The van der Waals surface area contributed by atoms with Gasteiger partial charge in [-0.1, -0.05) is 6.07 Å². The molecule has 0 bridgehead atoms. The number of nitrogens with zero attached hydrogens (tertiary/aromatic N) is 2. The Bertz CT molecular complexity index is 1340. The lowest BCUT2D eigenvalue weighted by Crippen LogP contribution is -2.53. The van der Waals surface area contributed by atoms with Gasteiger partial charge in [0.15, 0.2) is 0 Å². The van der Waals surface area contributed by atoms with Gasteiger partial charge in [-0.3, -0.25) is 14.3 Å². The molecule has 1 amide bonds. The number of fused-ring (bicyclic) bond motifs is 1. The number of hydrogen-bond donors (Lipinski definition) is 1. The number of likely N-dealkylation sites (tertiary alicyclic amines) is 1. The smallest absolute Gasteiger partial charge is 0.407 e. The van der Waals surface area contributed by atoms with Crippen LogP contribution in [0.4, 0.5) is 14.9 Å². The van der Waals surface area contributed by atoms with Crippen LogP contribution >= 0.6 is 0 Å². The van der Waals surface area contributed by atoms with Crippen molar-refractivity contribution in [3.8, 4) is 5.75 Å². The molecule has 1 N–H and O–H groups in total. The molecule has 2 heterocycles. The number of alkyl carbamates (subject to hydrolysis) is 1. The molecule has 1 atom stereocenters. The van der Waals surface area contributed by atoms with Gasteiger partial charge in [0, 0.05) is 56.6 Å². The molecule has 1 spiro atoms. The molecular weight excluding hydrogens is 533 g/mol. The number of hydrogen-bond acceptors (Lipinski definition) is 9. The molecule has 1 fully saturated rings. The number of nitro groups is 1. The van der Waals surface area contributed by atoms with Crippen molar-refractivity contribution in [3.05, 3.63) is 64.0 Å². The third-order valence-electron chi connectivity index (χ3n) is 6.57. The molecular formula is C26H32FN3O8S. The summed E-state index contributed by atoms with van der Waals surface area (Å²) in [6.07, 6.45) is 1.21. The predicted octanol–water partition coefficient (Wildman–Crippen LogP) is 3.80. The van der Waals surface area contributed by atoms with Crippen molar-refractivity contribution in [2.24, 2.45) is 0 Å². The molecule has 2 aromatic carbocycles. The van der Waals surface area contributed by atoms with E-state index in [0.717, 1.165) is 11.6 Å². The van der Waals surface area contributed by atoms with E-state index in [-0.39, 0.29) is 22.9 Å². The number of ether oxygens (including phenoxy) is 2. The molecule has 13 heteroatoms. The van der Waals surface area contributed by atoms with Crippen LogP contribution in [0.15, 0.2) is 47.4 Å². The molecule has 2 aliphatic heterocycles. The van der Waals surface area contributed by atoms with Gasteiger partial charge in [-0.25, -0.2) is 9.18 Å². The highest BCUT2D eigenvalue weighted by molar-refractivity contribution is 7.86. The predicted molar refractivity (Wildman–Crippen MR) is 139 cm³/mol. The van der Waals surface area contributed by atoms with Gasteiger partial charge in [0.1, 0.15) is 27.7 Å². The average molecular weight is 566 g/mol. The summed E-state index contributed by atoms with van der Waals surface area (Å²) < 4.78 is 56.0. The van der Waals surface area contributed by atoms with E-state index >= 15 is 0 Å². The third kappa shape index (κ3) is 7.43. The first-order valence-corrected chi connectivity index (χ1v) is 14.0. The van der Waals surface area contributed by atoms with Crippen LogP contribution in [0.1, 0.15) is 39.2 Å². The maximum Gasteiger partial charge on any atom is 0.407 e. The number of non-ortho nitro benzene ring substituents is 1. The number of halogens is 1. The second kappa shape index (κ2) is 11.1. The van der Waals surface area contributed by atoms with Crippen LogP contribution < -0.4 is 10.1 Å². The van der Waals surface area contributed by atoms with Gasteiger partial charge < -0.3 is 19.7 Å². The Morgan fingerprint density at radius 3 is 2.62 bits per heavy atom. The maximum atomic E-state index is 13.7. The summed E-state index contributed by atoms with van der Waals surface area (Å²) in [6.45, 7) is 6.18. The fraction of sp³-hybridized carbons (Fsp3) is 0.500. The molecule has 2 aromatic rings. The molecule has 1 saturated heterocycles. The molecule has 0 aliphatic carbocycles. The van der Waals surface area contributed by atoms with E-state index in [1.807, 2.05) is 0 Å². The number of carbonyl (C=O) groups excluding carboxylic acids is 1. The van der Waals surface area contributed by atoms with Crippen LogP contribution in [-0.4, -0.2) is 67.8 Å². The van der Waals surface area contributed by atoms with Crippen molar-refractivity contribution in [2.75, 3.05) is 26.2 Å². The first-order valence-electron chi connectivity index (χ1n) is 12.6. The minimum absolute atomic E-state index is 0.265. The fourth-order valence-corrected chi connectivity index (χ4v) is 5.73. The van der Waals surface area contributed by atoms with Gasteiger partial charge in [0.05, 0.1) is 17.6 Å². The summed E-state index contributed by atoms with van der Waals surface area (Å²) in [5.41, 5.74) is -0.740. The Labute approximate surface area is 226 Å². The highest BCUT2D eigenvalue weighted by Gasteiger charge is 2.42. The van der Waals surface area contributed by atoms with E-state index in [2.05, 4.69) is 10.2 Å². The third-order valence-corrected chi connectivity index (χ3v) is 7.85. The molecule has 0 aromatic heterocycles. The quantitative estimate of drug-likeness (QED) is 0.288. The first-order chi connectivity index (χ1) is 18.2. The van der Waals surface area contributed by atoms with Gasteiger partial charge in [-0.15, -0.1) is 0 Å². The van der Waals surface area contributed by atoms with Crippen LogP contribution in [0.25, 0.3) is 0 Å². The zero-order chi connectivity index (χ0) is 28.4. The van der Waals surface area contributed by atoms with Crippen molar-refractivity contribution < 1.29 is 36.2 Å². The summed E-state index contributed by atoms with van der Waals surface area (Å²) >= 11 is 0. The van der Waals surface area contributed by atoms with Gasteiger partial charge >= 0.3 is 6.09 Å². The highest BCUT2D eigenvalue weighted by Crippen LogP contribution is 2.41. The topological polar surface area (TPSA) is 137 Å². The average Bonchev–Trinajstić information content (AvgIpc) is 3.20. The Morgan fingerprint density at radius 1 is 1.23 bits per heavy atom. The molecule has 2 aliphatic rings. The first kappa shape index (κ1) is 28.7. The second-order valence-corrected chi connectivity index (χ2v) is 12.5. The van der Waals surface area contributed by atoms with E-state index < -0.39 is 45.0 Å². The lowest BCUT2D eigenvalue weighted by atomic mass is 9.87. The number of nitrogens with one attached hydrogen (secondary N) is 1. The van der Waals surface area contributed by atoms with Crippen LogP contribution in [0.2, 0.25) is 0 Å². The molecule has 212 valence electrons. The minimum Gasteiger partial charge on any atom is -0.487 e. The Balaban J connectivity index is 1.41. The van der Waals surface area contributed by atoms with Gasteiger partial charge in [0.25, 0.3) is 15.8 Å². The fourth-order valence-electron chi connectivity index (χ4n) is 4.74. The van der Waals surface area contributed by atoms with Gasteiger partial charge in [0.2, 0.25) is 0 Å². The number of nitro benzene ring substituents is 1. The largest absolute Gasteiger partial charge is 0.487 e. The van der Waals surface area contributed by atoms with Crippen LogP contribution in [0, 0.1) is 15.9 Å². The maximum absolute atomic E-state index is 13.7. The second-order valence-electron chi connectivity index (χ2n) is 10.9. The van der Waals surface area contributed by atoms with Crippen molar-refractivity contribution >= 4 is 21.9 Å². The van der Waals surface area contributed by atoms with Crippen LogP contribution in [-0.2, 0) is 25.5 Å². The highest BCUT2D eigenvalue weighted by atomic mass is 32.2. The SMILES string of the molecule is CC(C)(C)OC(=O)N[C@H](COS(=O)(=O)c1cccc([N+](=O)[O-])c1)CN1CCC2(CC1)Cc1cc(F)ccc1O2. The molecule has 0 unspecified atom stereocenters. The summed E-state index contributed by atoms with van der Waals surface area (Å²) in [4.78, 5) is 24.6. The minimum atomic E-state index is -4.34. The zero-order valence-electron chi connectivity index (χ0n) is 22.0. The van der Waals surface area contributed by atoms with E-state index in [1.54, 1.807) is 26.8 Å². The summed E-state index contributed by atoms with van der Waals surface area (Å²) in [5, 5.41) is 13.7. The summed E-state index contributed by atoms with van der Waals surface area (Å²) in [5.74, 6) is 0.386. The van der Waals surface area contributed by atoms with Crippen LogP contribution in [0.3, 0.4) is 0 Å². The lowest BCUT2D eigenvalue weighted by molar-refractivity contribution is -0.385. The lowest BCUT2D eigenvalue weighted by Gasteiger charge is -2.39. The molecule has 4 rings (SSSR count). The van der Waals surface area contributed by atoms with Crippen LogP contribution in [0.5, 0.6) is 5.75 Å². The Morgan fingerprint density at radius 2 is 1.95 bits per heavy atom. The van der Waals surface area contributed by atoms with Gasteiger partial charge in [-0.05, 0) is 45.0 Å². The van der Waals surface area contributed by atoms with Crippen molar-refractivity contribution in [1.29, 1.82) is 0 Å².